The molecule has 216 valence electrons. The number of hydrogen-bond acceptors (Lipinski definition) is 5. The third kappa shape index (κ3) is 7.40. The first-order chi connectivity index (χ1) is 19.8. The highest BCUT2D eigenvalue weighted by Gasteiger charge is 2.42. The minimum Gasteiger partial charge on any atom is -0.370 e. The van der Waals surface area contributed by atoms with E-state index in [1.165, 1.54) is 0 Å². The minimum absolute atomic E-state index is 0.0329. The van der Waals surface area contributed by atoms with Crippen molar-refractivity contribution >= 4 is 34.5 Å². The maximum atomic E-state index is 14.0. The maximum absolute atomic E-state index is 14.0. The van der Waals surface area contributed by atoms with Gasteiger partial charge in [-0.15, -0.1) is 0 Å². The summed E-state index contributed by atoms with van der Waals surface area (Å²) < 4.78 is 0. The average Bonchev–Trinajstić information content (AvgIpc) is 2.98. The number of hydrogen-bond donors (Lipinski definition) is 4. The molecule has 0 saturated carbocycles. The SMILES string of the molecule is CNC(=O)[C@H](Cc1ccc2ccccc2c1)N1CCN(C(=O)[C@H](N)Cc2ccccc2)[C@@H](CCCN=C(N)N)C1=O. The van der Waals surface area contributed by atoms with E-state index < -0.39 is 18.1 Å². The number of carbonyl (C=O) groups excluding carboxylic acids is 3. The number of piperazine rings is 1. The van der Waals surface area contributed by atoms with Crippen molar-refractivity contribution in [1.29, 1.82) is 0 Å². The van der Waals surface area contributed by atoms with Gasteiger partial charge in [0.05, 0.1) is 6.04 Å². The van der Waals surface area contributed by atoms with Gasteiger partial charge in [0.1, 0.15) is 12.1 Å². The van der Waals surface area contributed by atoms with Crippen LogP contribution in [0.15, 0.2) is 77.8 Å². The van der Waals surface area contributed by atoms with Crippen LogP contribution < -0.4 is 22.5 Å². The molecule has 0 bridgehead atoms. The van der Waals surface area contributed by atoms with Crippen LogP contribution in [0.25, 0.3) is 10.8 Å². The Morgan fingerprint density at radius 3 is 2.37 bits per heavy atom. The lowest BCUT2D eigenvalue weighted by Crippen LogP contribution is -2.65. The number of nitrogens with zero attached hydrogens (tertiary/aromatic N) is 3. The molecule has 7 N–H and O–H groups in total. The summed E-state index contributed by atoms with van der Waals surface area (Å²) in [5.74, 6) is -0.865. The lowest BCUT2D eigenvalue weighted by molar-refractivity contribution is -0.156. The van der Waals surface area contributed by atoms with E-state index in [0.717, 1.165) is 21.9 Å². The van der Waals surface area contributed by atoms with E-state index in [-0.39, 0.29) is 36.8 Å². The Hall–Kier alpha value is -4.44. The number of aliphatic imine (C=N–C) groups is 1. The number of carbonyl (C=O) groups is 3. The van der Waals surface area contributed by atoms with Gasteiger partial charge in [0, 0.05) is 33.1 Å². The van der Waals surface area contributed by atoms with Gasteiger partial charge in [-0.05, 0) is 41.2 Å². The van der Waals surface area contributed by atoms with Crippen molar-refractivity contribution in [3.05, 3.63) is 83.9 Å². The van der Waals surface area contributed by atoms with E-state index in [2.05, 4.69) is 10.3 Å². The van der Waals surface area contributed by atoms with Crippen LogP contribution in [0.4, 0.5) is 0 Å². The number of guanidine groups is 1. The van der Waals surface area contributed by atoms with E-state index in [0.29, 0.717) is 32.2 Å². The summed E-state index contributed by atoms with van der Waals surface area (Å²) in [6, 6.07) is 21.3. The predicted molar refractivity (Wildman–Crippen MR) is 161 cm³/mol. The van der Waals surface area contributed by atoms with E-state index in [9.17, 15) is 14.4 Å². The van der Waals surface area contributed by atoms with Gasteiger partial charge in [0.2, 0.25) is 17.7 Å². The molecule has 10 nitrogen and oxygen atoms in total. The fourth-order valence-corrected chi connectivity index (χ4v) is 5.42. The smallest absolute Gasteiger partial charge is 0.246 e. The second kappa shape index (κ2) is 13.8. The number of rotatable bonds is 11. The molecule has 3 aromatic rings. The van der Waals surface area contributed by atoms with Crippen LogP contribution in [0.2, 0.25) is 0 Å². The fourth-order valence-electron chi connectivity index (χ4n) is 5.42. The molecule has 0 radical (unpaired) electrons. The van der Waals surface area contributed by atoms with Crippen LogP contribution in [0.3, 0.4) is 0 Å². The number of fused-ring (bicyclic) bond motifs is 1. The summed E-state index contributed by atoms with van der Waals surface area (Å²) in [6.45, 7) is 0.810. The molecule has 4 rings (SSSR count). The molecule has 0 unspecified atom stereocenters. The van der Waals surface area contributed by atoms with E-state index >= 15 is 0 Å². The summed E-state index contributed by atoms with van der Waals surface area (Å²) >= 11 is 0. The first-order valence-electron chi connectivity index (χ1n) is 13.9. The van der Waals surface area contributed by atoms with Crippen LogP contribution in [-0.4, -0.2) is 78.3 Å². The summed E-state index contributed by atoms with van der Waals surface area (Å²) in [5.41, 5.74) is 19.2. The number of nitrogens with one attached hydrogen (secondary N) is 1. The van der Waals surface area contributed by atoms with Crippen LogP contribution in [-0.2, 0) is 27.2 Å². The van der Waals surface area contributed by atoms with E-state index in [1.54, 1.807) is 16.8 Å². The molecule has 1 aliphatic rings. The Labute approximate surface area is 240 Å². The Morgan fingerprint density at radius 2 is 1.66 bits per heavy atom. The number of likely N-dealkylation sites (N-methyl/N-ethyl adjacent to an activating group) is 1. The lowest BCUT2D eigenvalue weighted by Gasteiger charge is -2.44. The monoisotopic (exact) mass is 557 g/mol. The largest absolute Gasteiger partial charge is 0.370 e. The Balaban J connectivity index is 1.57. The van der Waals surface area contributed by atoms with Crippen molar-refractivity contribution in [2.45, 2.75) is 43.8 Å². The topological polar surface area (TPSA) is 160 Å². The van der Waals surface area contributed by atoms with Gasteiger partial charge in [0.25, 0.3) is 0 Å². The van der Waals surface area contributed by atoms with Crippen LogP contribution in [0.1, 0.15) is 24.0 Å². The van der Waals surface area contributed by atoms with Crippen molar-refractivity contribution in [3.63, 3.8) is 0 Å². The molecule has 10 heteroatoms. The molecule has 1 heterocycles. The van der Waals surface area contributed by atoms with Crippen LogP contribution in [0.5, 0.6) is 0 Å². The van der Waals surface area contributed by atoms with Gasteiger partial charge in [-0.25, -0.2) is 0 Å². The third-order valence-corrected chi connectivity index (χ3v) is 7.52. The Bertz CT molecular complexity index is 1390. The Kier molecular flexibility index (Phi) is 9.91. The van der Waals surface area contributed by atoms with Crippen LogP contribution in [0, 0.1) is 0 Å². The number of nitrogens with two attached hydrogens (primary N) is 3. The Morgan fingerprint density at radius 1 is 0.951 bits per heavy atom. The molecule has 0 spiro atoms. The van der Waals surface area contributed by atoms with Gasteiger partial charge in [-0.3, -0.25) is 19.4 Å². The van der Waals surface area contributed by atoms with E-state index in [1.807, 2.05) is 72.8 Å². The first-order valence-corrected chi connectivity index (χ1v) is 13.9. The summed E-state index contributed by atoms with van der Waals surface area (Å²) in [7, 11) is 1.56. The van der Waals surface area contributed by atoms with E-state index in [4.69, 9.17) is 17.2 Å². The summed E-state index contributed by atoms with van der Waals surface area (Å²) in [5, 5.41) is 4.88. The molecule has 1 fully saturated rings. The normalized spacial score (nSPS) is 16.7. The van der Waals surface area contributed by atoms with Crippen molar-refractivity contribution in [2.24, 2.45) is 22.2 Å². The van der Waals surface area contributed by atoms with Crippen molar-refractivity contribution < 1.29 is 14.4 Å². The zero-order valence-electron chi connectivity index (χ0n) is 23.4. The quantitative estimate of drug-likeness (QED) is 0.157. The number of benzene rings is 3. The molecule has 1 aliphatic heterocycles. The van der Waals surface area contributed by atoms with Gasteiger partial charge in [0.15, 0.2) is 5.96 Å². The minimum atomic E-state index is -0.802. The molecule has 1 saturated heterocycles. The van der Waals surface area contributed by atoms with Gasteiger partial charge < -0.3 is 32.3 Å². The lowest BCUT2D eigenvalue weighted by atomic mass is 9.96. The zero-order valence-corrected chi connectivity index (χ0v) is 23.4. The zero-order chi connectivity index (χ0) is 29.4. The molecule has 0 aromatic heterocycles. The second-order valence-corrected chi connectivity index (χ2v) is 10.3. The molecule has 3 atom stereocenters. The van der Waals surface area contributed by atoms with Gasteiger partial charge >= 0.3 is 0 Å². The molecule has 3 amide bonds. The third-order valence-electron chi connectivity index (χ3n) is 7.52. The van der Waals surface area contributed by atoms with Gasteiger partial charge in [-0.2, -0.15) is 0 Å². The average molecular weight is 558 g/mol. The second-order valence-electron chi connectivity index (χ2n) is 10.3. The first kappa shape index (κ1) is 29.5. The highest BCUT2D eigenvalue weighted by molar-refractivity contribution is 5.94. The molecule has 3 aromatic carbocycles. The highest BCUT2D eigenvalue weighted by Crippen LogP contribution is 2.23. The number of amides is 3. The van der Waals surface area contributed by atoms with Gasteiger partial charge in [-0.1, -0.05) is 72.8 Å². The summed E-state index contributed by atoms with van der Waals surface area (Å²) in [6.07, 6.45) is 1.53. The molecule has 41 heavy (non-hydrogen) atoms. The highest BCUT2D eigenvalue weighted by atomic mass is 16.2. The van der Waals surface area contributed by atoms with Crippen molar-refractivity contribution in [2.75, 3.05) is 26.7 Å². The van der Waals surface area contributed by atoms with Crippen LogP contribution >= 0.6 is 0 Å². The molecule has 0 aliphatic carbocycles. The van der Waals surface area contributed by atoms with Crippen molar-refractivity contribution in [3.8, 4) is 0 Å². The predicted octanol–water partition coefficient (Wildman–Crippen LogP) is 1.16. The van der Waals surface area contributed by atoms with Crippen molar-refractivity contribution in [1.82, 2.24) is 15.1 Å². The maximum Gasteiger partial charge on any atom is 0.246 e. The summed E-state index contributed by atoms with van der Waals surface area (Å²) in [4.78, 5) is 47.9. The fraction of sp³-hybridized carbons (Fsp3) is 0.355. The molecular formula is C31H39N7O3. The molecular weight excluding hydrogens is 518 g/mol. The standard InChI is InChI=1S/C31H39N7O3/c1-35-28(39)27(20-22-13-14-23-10-5-6-11-24(23)18-22)38-17-16-37(26(30(38)41)12-7-15-36-31(33)34)29(40)25(32)19-21-8-3-2-4-9-21/h2-6,8-11,13-14,18,25-27H,7,12,15-17,19-20,32H2,1H3,(H,35,39)(H4,33,34,36)/t25-,26+,27+/m1/s1.